The van der Waals surface area contributed by atoms with Crippen LogP contribution in [0.4, 0.5) is 4.79 Å². The molecule has 2 N–H and O–H groups in total. The first-order chi connectivity index (χ1) is 20.7. The Balaban J connectivity index is 2.46. The summed E-state index contributed by atoms with van der Waals surface area (Å²) in [4.78, 5) is 12.9. The standard InChI is InChI=1S/C34H50N2O7S/c1-8-9-10-17-22-42-34(6,24-27(2)41-7)26-36(44(39,40)29-20-15-12-16-21-29)25-31(37)30(23-28-18-13-11-14-19-28)35-32(38)43-33(3,4)5/h8,11-16,18-21,30-31,37H,1-2,9-10,17,22-26H2,3-7H3,(H,35,38)/t30-,31+,34?/m0/s1. The van der Waals surface area contributed by atoms with Crippen molar-refractivity contribution in [2.24, 2.45) is 0 Å². The van der Waals surface area contributed by atoms with Crippen LogP contribution >= 0.6 is 0 Å². The van der Waals surface area contributed by atoms with E-state index in [2.05, 4.69) is 18.5 Å². The number of hydrogen-bond acceptors (Lipinski definition) is 7. The maximum absolute atomic E-state index is 14.1. The van der Waals surface area contributed by atoms with Gasteiger partial charge < -0.3 is 24.6 Å². The van der Waals surface area contributed by atoms with Crippen molar-refractivity contribution in [1.29, 1.82) is 0 Å². The van der Waals surface area contributed by atoms with Gasteiger partial charge in [0.15, 0.2) is 0 Å². The number of sulfonamides is 1. The molecule has 0 spiro atoms. The number of hydrogen-bond donors (Lipinski definition) is 2. The number of amides is 1. The summed E-state index contributed by atoms with van der Waals surface area (Å²) in [5.41, 5.74) is -0.936. The SMILES string of the molecule is C=CCCCCOC(C)(CC(=C)OC)CN(C[C@@H](O)[C@H](Cc1ccccc1)NC(=O)OC(C)(C)C)S(=O)(=O)c1ccccc1. The maximum atomic E-state index is 14.1. The lowest BCUT2D eigenvalue weighted by Crippen LogP contribution is -2.54. The molecule has 0 aliphatic carbocycles. The molecule has 0 radical (unpaired) electrons. The molecule has 1 unspecified atom stereocenters. The third-order valence-electron chi connectivity index (χ3n) is 6.86. The highest BCUT2D eigenvalue weighted by Gasteiger charge is 2.38. The van der Waals surface area contributed by atoms with Gasteiger partial charge in [-0.05, 0) is 71.1 Å². The number of benzene rings is 2. The molecule has 0 aliphatic heterocycles. The number of methoxy groups -OCH3 is 1. The van der Waals surface area contributed by atoms with E-state index in [0.29, 0.717) is 12.4 Å². The van der Waals surface area contributed by atoms with E-state index in [4.69, 9.17) is 14.2 Å². The van der Waals surface area contributed by atoms with Crippen LogP contribution in [0.25, 0.3) is 0 Å². The summed E-state index contributed by atoms with van der Waals surface area (Å²) < 4.78 is 46.5. The van der Waals surface area contributed by atoms with Crippen LogP contribution in [-0.4, -0.2) is 74.1 Å². The number of carbonyl (C=O) groups excluding carboxylic acids is 1. The van der Waals surface area contributed by atoms with E-state index in [1.807, 2.05) is 43.3 Å². The molecule has 1 amide bonds. The monoisotopic (exact) mass is 630 g/mol. The summed E-state index contributed by atoms with van der Waals surface area (Å²) in [6, 6.07) is 16.5. The van der Waals surface area contributed by atoms with Gasteiger partial charge in [0.1, 0.15) is 5.60 Å². The molecule has 9 nitrogen and oxygen atoms in total. The van der Waals surface area contributed by atoms with E-state index in [0.717, 1.165) is 24.8 Å². The minimum atomic E-state index is -4.11. The quantitative estimate of drug-likeness (QED) is 0.114. The van der Waals surface area contributed by atoms with Crippen LogP contribution in [0, 0.1) is 0 Å². The van der Waals surface area contributed by atoms with Gasteiger partial charge in [-0.1, -0.05) is 61.2 Å². The van der Waals surface area contributed by atoms with E-state index in [1.54, 1.807) is 39.0 Å². The molecule has 2 aromatic carbocycles. The predicted molar refractivity (Wildman–Crippen MR) is 174 cm³/mol. The summed E-state index contributed by atoms with van der Waals surface area (Å²) >= 11 is 0. The highest BCUT2D eigenvalue weighted by Crippen LogP contribution is 2.27. The number of aliphatic hydroxyl groups is 1. The molecule has 2 rings (SSSR count). The van der Waals surface area contributed by atoms with E-state index >= 15 is 0 Å². The fourth-order valence-electron chi connectivity index (χ4n) is 4.66. The van der Waals surface area contributed by atoms with Crippen LogP contribution in [0.3, 0.4) is 0 Å². The molecule has 0 heterocycles. The van der Waals surface area contributed by atoms with Crippen LogP contribution in [0.1, 0.15) is 58.9 Å². The number of nitrogens with zero attached hydrogens (tertiary/aromatic N) is 1. The molecule has 0 saturated carbocycles. The molecule has 10 heteroatoms. The first-order valence-electron chi connectivity index (χ1n) is 14.9. The largest absolute Gasteiger partial charge is 0.502 e. The molecule has 0 aromatic heterocycles. The Morgan fingerprint density at radius 3 is 2.23 bits per heavy atom. The second kappa shape index (κ2) is 17.3. The Morgan fingerprint density at radius 2 is 1.66 bits per heavy atom. The van der Waals surface area contributed by atoms with E-state index in [-0.39, 0.29) is 30.8 Å². The number of nitrogens with one attached hydrogen (secondary N) is 1. The van der Waals surface area contributed by atoms with Gasteiger partial charge in [-0.25, -0.2) is 13.2 Å². The Labute approximate surface area is 264 Å². The first-order valence-corrected chi connectivity index (χ1v) is 16.4. The lowest BCUT2D eigenvalue weighted by Gasteiger charge is -2.37. The van der Waals surface area contributed by atoms with Crippen molar-refractivity contribution in [3.05, 3.63) is 91.2 Å². The molecule has 3 atom stereocenters. The van der Waals surface area contributed by atoms with Crippen molar-refractivity contribution in [2.45, 2.75) is 88.0 Å². The van der Waals surface area contributed by atoms with E-state index in [1.165, 1.54) is 23.5 Å². The Morgan fingerprint density at radius 1 is 1.05 bits per heavy atom. The summed E-state index contributed by atoms with van der Waals surface area (Å²) in [6.07, 6.45) is 2.80. The highest BCUT2D eigenvalue weighted by molar-refractivity contribution is 7.89. The zero-order chi connectivity index (χ0) is 32.8. The van der Waals surface area contributed by atoms with E-state index in [9.17, 15) is 18.3 Å². The van der Waals surface area contributed by atoms with Gasteiger partial charge in [0.2, 0.25) is 10.0 Å². The summed E-state index contributed by atoms with van der Waals surface area (Å²) in [6.45, 7) is 14.7. The Bertz CT molecular complexity index is 1280. The molecule has 0 aliphatic rings. The fraction of sp³-hybridized carbons (Fsp3) is 0.500. The number of ether oxygens (including phenoxy) is 3. The number of unbranched alkanes of at least 4 members (excludes halogenated alkanes) is 2. The second-order valence-corrected chi connectivity index (χ2v) is 14.1. The van der Waals surface area contributed by atoms with Crippen LogP contribution in [0.2, 0.25) is 0 Å². The average molecular weight is 631 g/mol. The maximum Gasteiger partial charge on any atom is 0.407 e. The van der Waals surface area contributed by atoms with Crippen molar-refractivity contribution >= 4 is 16.1 Å². The number of alkyl carbamates (subject to hydrolysis) is 1. The number of carbonyl (C=O) groups is 1. The normalized spacial score (nSPS) is 14.7. The number of allylic oxidation sites excluding steroid dienone is 1. The third kappa shape index (κ3) is 12.8. The average Bonchev–Trinajstić information content (AvgIpc) is 2.96. The van der Waals surface area contributed by atoms with Gasteiger partial charge in [0, 0.05) is 26.1 Å². The Kier molecular flexibility index (Phi) is 14.6. The molecule has 0 saturated heterocycles. The zero-order valence-corrected chi connectivity index (χ0v) is 27.6. The van der Waals surface area contributed by atoms with Gasteiger partial charge in [-0.15, -0.1) is 6.58 Å². The first kappa shape index (κ1) is 37.0. The molecule has 244 valence electrons. The van der Waals surface area contributed by atoms with Crippen LogP contribution in [0.5, 0.6) is 0 Å². The molecule has 0 fully saturated rings. The number of aliphatic hydroxyl groups excluding tert-OH is 1. The number of rotatable bonds is 19. The molecular formula is C34H50N2O7S. The van der Waals surface area contributed by atoms with Gasteiger partial charge in [-0.2, -0.15) is 4.31 Å². The molecular weight excluding hydrogens is 580 g/mol. The van der Waals surface area contributed by atoms with Crippen LogP contribution < -0.4 is 5.32 Å². The van der Waals surface area contributed by atoms with Gasteiger partial charge >= 0.3 is 6.09 Å². The van der Waals surface area contributed by atoms with Gasteiger partial charge in [0.25, 0.3) is 0 Å². The molecule has 44 heavy (non-hydrogen) atoms. The van der Waals surface area contributed by atoms with Crippen molar-refractivity contribution in [1.82, 2.24) is 9.62 Å². The van der Waals surface area contributed by atoms with Crippen molar-refractivity contribution in [3.8, 4) is 0 Å². The second-order valence-electron chi connectivity index (χ2n) is 12.1. The van der Waals surface area contributed by atoms with Crippen LogP contribution in [0.15, 0.2) is 90.6 Å². The van der Waals surface area contributed by atoms with Crippen LogP contribution in [-0.2, 0) is 30.7 Å². The smallest absolute Gasteiger partial charge is 0.407 e. The minimum absolute atomic E-state index is 0.0748. The van der Waals surface area contributed by atoms with Crippen molar-refractivity contribution in [2.75, 3.05) is 26.8 Å². The minimum Gasteiger partial charge on any atom is -0.502 e. The predicted octanol–water partition coefficient (Wildman–Crippen LogP) is 5.86. The zero-order valence-electron chi connectivity index (χ0n) is 26.8. The lowest BCUT2D eigenvalue weighted by atomic mass is 9.99. The highest BCUT2D eigenvalue weighted by atomic mass is 32.2. The topological polar surface area (TPSA) is 114 Å². The summed E-state index contributed by atoms with van der Waals surface area (Å²) in [5.74, 6) is 0.435. The third-order valence-corrected chi connectivity index (χ3v) is 8.69. The summed E-state index contributed by atoms with van der Waals surface area (Å²) in [7, 11) is -2.60. The molecule has 2 aromatic rings. The summed E-state index contributed by atoms with van der Waals surface area (Å²) in [5, 5.41) is 14.4. The lowest BCUT2D eigenvalue weighted by molar-refractivity contribution is -0.0534. The van der Waals surface area contributed by atoms with Crippen molar-refractivity contribution in [3.63, 3.8) is 0 Å². The van der Waals surface area contributed by atoms with Gasteiger partial charge in [-0.3, -0.25) is 0 Å². The fourth-order valence-corrected chi connectivity index (χ4v) is 6.25. The van der Waals surface area contributed by atoms with Gasteiger partial charge in [0.05, 0.1) is 35.5 Å². The molecule has 0 bridgehead atoms. The van der Waals surface area contributed by atoms with E-state index < -0.39 is 39.5 Å². The van der Waals surface area contributed by atoms with Crippen molar-refractivity contribution < 1.29 is 32.5 Å². The Hall–Kier alpha value is -3.18.